The van der Waals surface area contributed by atoms with Crippen molar-refractivity contribution >= 4 is 22.4 Å². The first-order valence-corrected chi connectivity index (χ1v) is 7.63. The number of rotatable bonds is 6. The van der Waals surface area contributed by atoms with Crippen LogP contribution in [-0.4, -0.2) is 28.2 Å². The van der Waals surface area contributed by atoms with E-state index in [2.05, 4.69) is 26.7 Å². The number of nitrogens with zero attached hydrogens (tertiary/aromatic N) is 3. The maximum atomic E-state index is 9.20. The minimum Gasteiger partial charge on any atom is -0.395 e. The molecular formula is C18H17N5O. The standard InChI is InChI=1S/C18H17N5O/c19-10-15-3-1-2-4-16(15)23-18-17-14(5-6-21-18)9-13(12-22-17)11-20-7-8-24/h1-6,9,12,20,24H,7-8,11H2,(H,21,23). The van der Waals surface area contributed by atoms with E-state index < -0.39 is 0 Å². The highest BCUT2D eigenvalue weighted by Crippen LogP contribution is 2.24. The molecule has 24 heavy (non-hydrogen) atoms. The summed E-state index contributed by atoms with van der Waals surface area (Å²) in [6, 6.07) is 13.4. The molecule has 0 saturated heterocycles. The van der Waals surface area contributed by atoms with Gasteiger partial charge in [0.25, 0.3) is 0 Å². The Morgan fingerprint density at radius 3 is 2.88 bits per heavy atom. The highest BCUT2D eigenvalue weighted by Gasteiger charge is 2.08. The third-order valence-electron chi connectivity index (χ3n) is 3.57. The molecule has 2 aromatic heterocycles. The highest BCUT2D eigenvalue weighted by atomic mass is 16.3. The summed E-state index contributed by atoms with van der Waals surface area (Å²) in [6.45, 7) is 1.30. The molecule has 0 amide bonds. The predicted octanol–water partition coefficient (Wildman–Crippen LogP) is 2.33. The van der Waals surface area contributed by atoms with Crippen molar-refractivity contribution in [3.8, 4) is 6.07 Å². The van der Waals surface area contributed by atoms with Crippen LogP contribution in [-0.2, 0) is 6.54 Å². The van der Waals surface area contributed by atoms with Crippen molar-refractivity contribution in [3.63, 3.8) is 0 Å². The zero-order chi connectivity index (χ0) is 16.8. The first-order valence-electron chi connectivity index (χ1n) is 7.63. The summed E-state index contributed by atoms with van der Waals surface area (Å²) in [4.78, 5) is 8.85. The molecule has 0 spiro atoms. The van der Waals surface area contributed by atoms with Gasteiger partial charge in [0.05, 0.1) is 17.9 Å². The molecule has 6 nitrogen and oxygen atoms in total. The van der Waals surface area contributed by atoms with Gasteiger partial charge in [0.1, 0.15) is 11.6 Å². The van der Waals surface area contributed by atoms with Gasteiger partial charge < -0.3 is 15.7 Å². The van der Waals surface area contributed by atoms with Crippen molar-refractivity contribution in [1.82, 2.24) is 15.3 Å². The van der Waals surface area contributed by atoms with E-state index in [9.17, 15) is 5.26 Å². The van der Waals surface area contributed by atoms with Gasteiger partial charge in [0.2, 0.25) is 0 Å². The van der Waals surface area contributed by atoms with Gasteiger partial charge >= 0.3 is 0 Å². The van der Waals surface area contributed by atoms with Crippen LogP contribution >= 0.6 is 0 Å². The Hall–Kier alpha value is -3.01. The van der Waals surface area contributed by atoms with Crippen LogP contribution in [0.5, 0.6) is 0 Å². The fourth-order valence-corrected chi connectivity index (χ4v) is 2.42. The molecule has 0 unspecified atom stereocenters. The van der Waals surface area contributed by atoms with Gasteiger partial charge in [-0.2, -0.15) is 5.26 Å². The number of anilines is 2. The number of pyridine rings is 2. The Bertz CT molecular complexity index is 888. The number of hydrogen-bond donors (Lipinski definition) is 3. The number of aliphatic hydroxyl groups excluding tert-OH is 1. The Labute approximate surface area is 139 Å². The largest absolute Gasteiger partial charge is 0.395 e. The normalized spacial score (nSPS) is 10.5. The lowest BCUT2D eigenvalue weighted by Crippen LogP contribution is -2.17. The van der Waals surface area contributed by atoms with Gasteiger partial charge in [0.15, 0.2) is 5.82 Å². The summed E-state index contributed by atoms with van der Waals surface area (Å²) in [5.41, 5.74) is 3.04. The van der Waals surface area contributed by atoms with E-state index in [1.165, 1.54) is 0 Å². The van der Waals surface area contributed by atoms with Gasteiger partial charge in [-0.3, -0.25) is 4.98 Å². The van der Waals surface area contributed by atoms with Crippen molar-refractivity contribution in [2.24, 2.45) is 0 Å². The molecule has 3 N–H and O–H groups in total. The SMILES string of the molecule is N#Cc1ccccc1Nc1nccc2cc(CNCCO)cnc12. The second-order valence-corrected chi connectivity index (χ2v) is 5.26. The van der Waals surface area contributed by atoms with Gasteiger partial charge in [0, 0.05) is 30.9 Å². The van der Waals surface area contributed by atoms with Gasteiger partial charge in [-0.15, -0.1) is 0 Å². The van der Waals surface area contributed by atoms with E-state index in [0.29, 0.717) is 30.2 Å². The molecule has 3 aromatic rings. The average Bonchev–Trinajstić information content (AvgIpc) is 2.62. The molecular weight excluding hydrogens is 302 g/mol. The van der Waals surface area contributed by atoms with Crippen LogP contribution < -0.4 is 10.6 Å². The maximum absolute atomic E-state index is 9.20. The summed E-state index contributed by atoms with van der Waals surface area (Å²) < 4.78 is 0. The zero-order valence-electron chi connectivity index (χ0n) is 13.0. The second kappa shape index (κ2) is 7.51. The summed E-state index contributed by atoms with van der Waals surface area (Å²) in [6.07, 6.45) is 3.50. The molecule has 3 rings (SSSR count). The van der Waals surface area contributed by atoms with Crippen LogP contribution in [0.3, 0.4) is 0 Å². The average molecular weight is 319 g/mol. The van der Waals surface area contributed by atoms with E-state index in [0.717, 1.165) is 16.5 Å². The molecule has 0 fully saturated rings. The molecule has 0 aliphatic heterocycles. The number of hydrogen-bond acceptors (Lipinski definition) is 6. The quantitative estimate of drug-likeness (QED) is 0.604. The predicted molar refractivity (Wildman–Crippen MR) is 92.8 cm³/mol. The lowest BCUT2D eigenvalue weighted by Gasteiger charge is -2.10. The first-order chi connectivity index (χ1) is 11.8. The molecule has 0 atom stereocenters. The van der Waals surface area contributed by atoms with E-state index in [1.807, 2.05) is 30.3 Å². The minimum atomic E-state index is 0.108. The number of para-hydroxylation sites is 1. The Morgan fingerprint density at radius 1 is 1.17 bits per heavy atom. The number of fused-ring (bicyclic) bond motifs is 1. The van der Waals surface area contributed by atoms with Gasteiger partial charge in [-0.05, 0) is 29.8 Å². The minimum absolute atomic E-state index is 0.108. The summed E-state index contributed by atoms with van der Waals surface area (Å²) in [5.74, 6) is 0.616. The lowest BCUT2D eigenvalue weighted by atomic mass is 10.1. The molecule has 0 aliphatic carbocycles. The van der Waals surface area contributed by atoms with Crippen molar-refractivity contribution < 1.29 is 5.11 Å². The van der Waals surface area contributed by atoms with Crippen LogP contribution in [0.15, 0.2) is 48.8 Å². The number of benzene rings is 1. The van der Waals surface area contributed by atoms with Gasteiger partial charge in [-0.1, -0.05) is 12.1 Å². The van der Waals surface area contributed by atoms with Crippen molar-refractivity contribution in [3.05, 3.63) is 59.9 Å². The molecule has 0 bridgehead atoms. The Morgan fingerprint density at radius 2 is 2.04 bits per heavy atom. The van der Waals surface area contributed by atoms with E-state index >= 15 is 0 Å². The van der Waals surface area contributed by atoms with Crippen LogP contribution in [0.4, 0.5) is 11.5 Å². The Balaban J connectivity index is 1.90. The van der Waals surface area contributed by atoms with Crippen LogP contribution in [0.2, 0.25) is 0 Å². The van der Waals surface area contributed by atoms with Gasteiger partial charge in [-0.25, -0.2) is 4.98 Å². The number of nitrogens with one attached hydrogen (secondary N) is 2. The lowest BCUT2D eigenvalue weighted by molar-refractivity contribution is 0.292. The smallest absolute Gasteiger partial charge is 0.156 e. The molecule has 2 heterocycles. The molecule has 0 radical (unpaired) electrons. The van der Waals surface area contributed by atoms with Crippen molar-refractivity contribution in [2.75, 3.05) is 18.5 Å². The summed E-state index contributed by atoms with van der Waals surface area (Å²) >= 11 is 0. The number of aromatic nitrogens is 2. The number of aliphatic hydroxyl groups is 1. The van der Waals surface area contributed by atoms with E-state index in [1.54, 1.807) is 18.5 Å². The third kappa shape index (κ3) is 3.49. The van der Waals surface area contributed by atoms with Crippen molar-refractivity contribution in [1.29, 1.82) is 5.26 Å². The molecule has 0 saturated carbocycles. The first kappa shape index (κ1) is 15.9. The molecule has 6 heteroatoms. The summed E-state index contributed by atoms with van der Waals surface area (Å²) in [7, 11) is 0. The van der Waals surface area contributed by atoms with E-state index in [-0.39, 0.29) is 6.61 Å². The molecule has 120 valence electrons. The van der Waals surface area contributed by atoms with Crippen LogP contribution in [0.25, 0.3) is 10.9 Å². The molecule has 0 aliphatic rings. The number of nitriles is 1. The monoisotopic (exact) mass is 319 g/mol. The topological polar surface area (TPSA) is 93.9 Å². The van der Waals surface area contributed by atoms with E-state index in [4.69, 9.17) is 5.11 Å². The fraction of sp³-hybridized carbons (Fsp3) is 0.167. The Kier molecular flexibility index (Phi) is 4.96. The van der Waals surface area contributed by atoms with Crippen LogP contribution in [0, 0.1) is 11.3 Å². The zero-order valence-corrected chi connectivity index (χ0v) is 13.0. The van der Waals surface area contributed by atoms with Crippen molar-refractivity contribution in [2.45, 2.75) is 6.54 Å². The fourth-order valence-electron chi connectivity index (χ4n) is 2.42. The van der Waals surface area contributed by atoms with Crippen LogP contribution in [0.1, 0.15) is 11.1 Å². The highest BCUT2D eigenvalue weighted by molar-refractivity contribution is 5.90. The molecule has 1 aromatic carbocycles. The summed E-state index contributed by atoms with van der Waals surface area (Å²) in [5, 5.41) is 25.3. The second-order valence-electron chi connectivity index (χ2n) is 5.26. The third-order valence-corrected chi connectivity index (χ3v) is 3.57. The maximum Gasteiger partial charge on any atom is 0.156 e.